The number of hydrogen-bond donors (Lipinski definition) is 3. The van der Waals surface area contributed by atoms with Crippen LogP contribution in [0.2, 0.25) is 0 Å². The van der Waals surface area contributed by atoms with E-state index in [2.05, 4.69) is 5.32 Å². The summed E-state index contributed by atoms with van der Waals surface area (Å²) in [4.78, 5) is 23.1. The van der Waals surface area contributed by atoms with Crippen molar-refractivity contribution in [3.05, 3.63) is 0 Å². The smallest absolute Gasteiger partial charge is 0.303 e. The molecular weight excluding hydrogens is 244 g/mol. The second-order valence-corrected chi connectivity index (χ2v) is 6.30. The molecule has 0 aromatic carbocycles. The molecule has 2 aliphatic rings. The van der Waals surface area contributed by atoms with Gasteiger partial charge in [-0.25, -0.2) is 0 Å². The molecule has 2 fully saturated rings. The fourth-order valence-electron chi connectivity index (χ4n) is 3.17. The molecule has 0 spiro atoms. The van der Waals surface area contributed by atoms with Crippen LogP contribution in [0.25, 0.3) is 0 Å². The van der Waals surface area contributed by atoms with Gasteiger partial charge in [0, 0.05) is 13.1 Å². The predicted molar refractivity (Wildman–Crippen MR) is 71.5 cm³/mol. The van der Waals surface area contributed by atoms with Crippen molar-refractivity contribution in [2.24, 2.45) is 16.6 Å². The minimum atomic E-state index is -0.767. The van der Waals surface area contributed by atoms with Crippen LogP contribution in [0.1, 0.15) is 51.4 Å². The third-order valence-corrected chi connectivity index (χ3v) is 4.79. The average Bonchev–Trinajstić information content (AvgIpc) is 3.17. The Labute approximate surface area is 113 Å². The van der Waals surface area contributed by atoms with E-state index in [-0.39, 0.29) is 23.2 Å². The van der Waals surface area contributed by atoms with Gasteiger partial charge in [0.15, 0.2) is 0 Å². The van der Waals surface area contributed by atoms with Crippen molar-refractivity contribution < 1.29 is 14.7 Å². The predicted octanol–water partition coefficient (Wildman–Crippen LogP) is 1.27. The largest absolute Gasteiger partial charge is 0.481 e. The highest BCUT2D eigenvalue weighted by Gasteiger charge is 2.49. The van der Waals surface area contributed by atoms with Crippen LogP contribution in [0, 0.1) is 10.8 Å². The quantitative estimate of drug-likeness (QED) is 0.676. The van der Waals surface area contributed by atoms with Crippen LogP contribution in [-0.4, -0.2) is 30.1 Å². The maximum atomic E-state index is 12.1. The van der Waals surface area contributed by atoms with Gasteiger partial charge in [0.05, 0.1) is 11.8 Å². The van der Waals surface area contributed by atoms with E-state index in [0.29, 0.717) is 13.1 Å². The molecular formula is C14H24N2O3. The number of carbonyl (C=O) groups excluding carboxylic acids is 1. The molecule has 0 heterocycles. The summed E-state index contributed by atoms with van der Waals surface area (Å²) in [5, 5.41) is 12.1. The van der Waals surface area contributed by atoms with Crippen molar-refractivity contribution in [2.75, 3.05) is 13.1 Å². The van der Waals surface area contributed by atoms with E-state index >= 15 is 0 Å². The van der Waals surface area contributed by atoms with Crippen LogP contribution in [0.15, 0.2) is 0 Å². The molecule has 0 saturated heterocycles. The van der Waals surface area contributed by atoms with E-state index in [0.717, 1.165) is 38.5 Å². The van der Waals surface area contributed by atoms with Gasteiger partial charge in [0.2, 0.25) is 5.91 Å². The molecule has 2 saturated carbocycles. The number of rotatable bonds is 6. The molecule has 0 bridgehead atoms. The minimum absolute atomic E-state index is 0.0188. The van der Waals surface area contributed by atoms with Crippen molar-refractivity contribution in [3.63, 3.8) is 0 Å². The summed E-state index contributed by atoms with van der Waals surface area (Å²) in [6.07, 6.45) is 6.97. The maximum absolute atomic E-state index is 12.1. The van der Waals surface area contributed by atoms with Crippen LogP contribution < -0.4 is 11.1 Å². The monoisotopic (exact) mass is 268 g/mol. The summed E-state index contributed by atoms with van der Waals surface area (Å²) in [5.74, 6) is -0.749. The van der Waals surface area contributed by atoms with Crippen molar-refractivity contribution in [3.8, 4) is 0 Å². The molecule has 4 N–H and O–H groups in total. The number of aliphatic carboxylic acids is 1. The summed E-state index contributed by atoms with van der Waals surface area (Å²) in [6, 6.07) is 0. The third kappa shape index (κ3) is 3.26. The van der Waals surface area contributed by atoms with Gasteiger partial charge in [0.1, 0.15) is 0 Å². The molecule has 2 rings (SSSR count). The molecule has 0 atom stereocenters. The molecule has 1 amide bonds. The second-order valence-electron chi connectivity index (χ2n) is 6.30. The summed E-state index contributed by atoms with van der Waals surface area (Å²) in [7, 11) is 0. The molecule has 19 heavy (non-hydrogen) atoms. The van der Waals surface area contributed by atoms with Crippen LogP contribution in [0.3, 0.4) is 0 Å². The zero-order chi connectivity index (χ0) is 13.9. The Morgan fingerprint density at radius 1 is 1.11 bits per heavy atom. The number of carboxylic acid groups (broad SMARTS) is 1. The van der Waals surface area contributed by atoms with Gasteiger partial charge in [-0.3, -0.25) is 9.59 Å². The van der Waals surface area contributed by atoms with Crippen LogP contribution in [-0.2, 0) is 9.59 Å². The molecule has 0 aliphatic heterocycles. The SMILES string of the molecule is NCC1(C(=O)NCC2(CC(=O)O)CCCCC2)CC1. The molecule has 5 heteroatoms. The summed E-state index contributed by atoms with van der Waals surface area (Å²) in [6.45, 7) is 0.880. The zero-order valence-corrected chi connectivity index (χ0v) is 11.4. The normalized spacial score (nSPS) is 23.6. The lowest BCUT2D eigenvalue weighted by molar-refractivity contribution is -0.141. The lowest BCUT2D eigenvalue weighted by Gasteiger charge is -2.36. The van der Waals surface area contributed by atoms with Gasteiger partial charge >= 0.3 is 5.97 Å². The second kappa shape index (κ2) is 5.49. The highest BCUT2D eigenvalue weighted by molar-refractivity contribution is 5.85. The van der Waals surface area contributed by atoms with Crippen LogP contribution in [0.4, 0.5) is 0 Å². The summed E-state index contributed by atoms with van der Waals surface area (Å²) >= 11 is 0. The zero-order valence-electron chi connectivity index (χ0n) is 11.4. The fraction of sp³-hybridized carbons (Fsp3) is 0.857. The Morgan fingerprint density at radius 3 is 2.21 bits per heavy atom. The first-order valence-electron chi connectivity index (χ1n) is 7.22. The first-order chi connectivity index (χ1) is 9.02. The minimum Gasteiger partial charge on any atom is -0.481 e. The standard InChI is InChI=1S/C14H24N2O3/c15-9-14(6-7-14)12(19)16-10-13(8-11(17)18)4-2-1-3-5-13/h1-10,15H2,(H,16,19)(H,17,18). The van der Waals surface area contributed by atoms with Crippen molar-refractivity contribution >= 4 is 11.9 Å². The molecule has 2 aliphatic carbocycles. The lowest BCUT2D eigenvalue weighted by atomic mass is 9.71. The fourth-order valence-corrected chi connectivity index (χ4v) is 3.17. The van der Waals surface area contributed by atoms with E-state index in [1.807, 2.05) is 0 Å². The van der Waals surface area contributed by atoms with E-state index in [1.165, 1.54) is 6.42 Å². The van der Waals surface area contributed by atoms with Gasteiger partial charge in [0.25, 0.3) is 0 Å². The molecule has 0 aromatic heterocycles. The maximum Gasteiger partial charge on any atom is 0.303 e. The Hall–Kier alpha value is -1.10. The van der Waals surface area contributed by atoms with Crippen molar-refractivity contribution in [1.29, 1.82) is 0 Å². The Balaban J connectivity index is 1.93. The molecule has 0 unspecified atom stereocenters. The van der Waals surface area contributed by atoms with E-state index in [1.54, 1.807) is 0 Å². The third-order valence-electron chi connectivity index (χ3n) is 4.79. The van der Waals surface area contributed by atoms with E-state index in [9.17, 15) is 9.59 Å². The van der Waals surface area contributed by atoms with Crippen LogP contribution >= 0.6 is 0 Å². The Bertz CT molecular complexity index is 358. The number of hydrogen-bond acceptors (Lipinski definition) is 3. The van der Waals surface area contributed by atoms with E-state index in [4.69, 9.17) is 10.8 Å². The number of carboxylic acids is 1. The van der Waals surface area contributed by atoms with E-state index < -0.39 is 5.97 Å². The average molecular weight is 268 g/mol. The number of nitrogens with two attached hydrogens (primary N) is 1. The topological polar surface area (TPSA) is 92.4 Å². The Kier molecular flexibility index (Phi) is 4.13. The molecule has 0 aromatic rings. The molecule has 0 radical (unpaired) electrons. The number of nitrogens with one attached hydrogen (secondary N) is 1. The highest BCUT2D eigenvalue weighted by Crippen LogP contribution is 2.45. The first kappa shape index (κ1) is 14.3. The molecule has 5 nitrogen and oxygen atoms in total. The lowest BCUT2D eigenvalue weighted by Crippen LogP contribution is -2.44. The van der Waals surface area contributed by atoms with Gasteiger partial charge < -0.3 is 16.2 Å². The van der Waals surface area contributed by atoms with Gasteiger partial charge in [-0.05, 0) is 31.1 Å². The first-order valence-corrected chi connectivity index (χ1v) is 7.22. The van der Waals surface area contributed by atoms with Gasteiger partial charge in [-0.2, -0.15) is 0 Å². The van der Waals surface area contributed by atoms with Gasteiger partial charge in [-0.1, -0.05) is 19.3 Å². The summed E-state index contributed by atoms with van der Waals surface area (Å²) < 4.78 is 0. The van der Waals surface area contributed by atoms with Crippen LogP contribution in [0.5, 0.6) is 0 Å². The number of carbonyl (C=O) groups is 2. The molecule has 108 valence electrons. The summed E-state index contributed by atoms with van der Waals surface area (Å²) in [5.41, 5.74) is 5.04. The highest BCUT2D eigenvalue weighted by atomic mass is 16.4. The van der Waals surface area contributed by atoms with Crippen molar-refractivity contribution in [2.45, 2.75) is 51.4 Å². The van der Waals surface area contributed by atoms with Gasteiger partial charge in [-0.15, -0.1) is 0 Å². The number of amides is 1. The van der Waals surface area contributed by atoms with Crippen molar-refractivity contribution in [1.82, 2.24) is 5.32 Å². The Morgan fingerprint density at radius 2 is 1.74 bits per heavy atom.